The highest BCUT2D eigenvalue weighted by Crippen LogP contribution is 2.08. The van der Waals surface area contributed by atoms with E-state index < -0.39 is 0 Å². The molecule has 1 amide bonds. The smallest absolute Gasteiger partial charge is 0.243 e. The first kappa shape index (κ1) is 11.2. The Labute approximate surface area is 89.6 Å². The number of aromatic nitrogens is 1. The third kappa shape index (κ3) is 3.42. The Morgan fingerprint density at radius 1 is 1.60 bits per heavy atom. The van der Waals surface area contributed by atoms with Crippen LogP contribution in [0.2, 0.25) is 0 Å². The van der Waals surface area contributed by atoms with Gasteiger partial charge in [0.25, 0.3) is 0 Å². The second-order valence-electron chi connectivity index (χ2n) is 3.32. The largest absolute Gasteiger partial charge is 0.376 e. The quantitative estimate of drug-likeness (QED) is 0.744. The van der Waals surface area contributed by atoms with Crippen LogP contribution in [0.3, 0.4) is 0 Å². The number of hydrogen-bond acceptors (Lipinski definition) is 3. The molecule has 0 aliphatic carbocycles. The van der Waals surface area contributed by atoms with Crippen molar-refractivity contribution in [1.82, 2.24) is 10.3 Å². The van der Waals surface area contributed by atoms with E-state index in [1.54, 1.807) is 6.20 Å². The molecular formula is C11H15N3O. The lowest BCUT2D eigenvalue weighted by atomic mass is 10.3. The van der Waals surface area contributed by atoms with Crippen molar-refractivity contribution in [2.75, 3.05) is 19.0 Å². The van der Waals surface area contributed by atoms with E-state index in [0.717, 1.165) is 11.4 Å². The number of carbonyl (C=O) groups excluding carboxylic acids is 1. The van der Waals surface area contributed by atoms with Gasteiger partial charge in [0, 0.05) is 14.1 Å². The van der Waals surface area contributed by atoms with Gasteiger partial charge in [-0.1, -0.05) is 6.58 Å². The zero-order chi connectivity index (χ0) is 11.3. The van der Waals surface area contributed by atoms with E-state index in [2.05, 4.69) is 16.9 Å². The van der Waals surface area contributed by atoms with E-state index in [4.69, 9.17) is 0 Å². The SMILES string of the molecule is C=CC(=O)NCc1ccc(N(C)C)cn1. The van der Waals surface area contributed by atoms with Crippen LogP contribution < -0.4 is 10.2 Å². The molecule has 0 saturated heterocycles. The number of pyridine rings is 1. The van der Waals surface area contributed by atoms with Crippen molar-refractivity contribution < 1.29 is 4.79 Å². The molecule has 0 aliphatic heterocycles. The molecule has 1 heterocycles. The van der Waals surface area contributed by atoms with Gasteiger partial charge in [0.15, 0.2) is 0 Å². The molecule has 4 nitrogen and oxygen atoms in total. The van der Waals surface area contributed by atoms with Crippen molar-refractivity contribution in [1.29, 1.82) is 0 Å². The minimum atomic E-state index is -0.187. The zero-order valence-corrected chi connectivity index (χ0v) is 9.03. The first-order chi connectivity index (χ1) is 7.13. The lowest BCUT2D eigenvalue weighted by Gasteiger charge is -2.11. The molecule has 0 unspecified atom stereocenters. The topological polar surface area (TPSA) is 45.2 Å². The Morgan fingerprint density at radius 2 is 2.33 bits per heavy atom. The number of carbonyl (C=O) groups is 1. The lowest BCUT2D eigenvalue weighted by molar-refractivity contribution is -0.116. The monoisotopic (exact) mass is 205 g/mol. The molecule has 0 fully saturated rings. The second-order valence-corrected chi connectivity index (χ2v) is 3.32. The van der Waals surface area contributed by atoms with Gasteiger partial charge in [0.1, 0.15) is 0 Å². The maximum atomic E-state index is 10.9. The maximum Gasteiger partial charge on any atom is 0.243 e. The molecule has 1 rings (SSSR count). The molecule has 0 radical (unpaired) electrons. The maximum absolute atomic E-state index is 10.9. The van der Waals surface area contributed by atoms with Crippen molar-refractivity contribution in [2.24, 2.45) is 0 Å². The van der Waals surface area contributed by atoms with Gasteiger partial charge in [-0.2, -0.15) is 0 Å². The number of rotatable bonds is 4. The lowest BCUT2D eigenvalue weighted by Crippen LogP contribution is -2.20. The summed E-state index contributed by atoms with van der Waals surface area (Å²) in [7, 11) is 3.91. The van der Waals surface area contributed by atoms with Crippen LogP contribution in [-0.4, -0.2) is 25.0 Å². The second kappa shape index (κ2) is 5.14. The van der Waals surface area contributed by atoms with Crippen LogP contribution in [0, 0.1) is 0 Å². The summed E-state index contributed by atoms with van der Waals surface area (Å²) in [5.41, 5.74) is 1.87. The Bertz CT molecular complexity index is 343. The highest BCUT2D eigenvalue weighted by atomic mass is 16.1. The van der Waals surface area contributed by atoms with Crippen molar-refractivity contribution in [3.05, 3.63) is 36.7 Å². The summed E-state index contributed by atoms with van der Waals surface area (Å²) in [6, 6.07) is 3.85. The van der Waals surface area contributed by atoms with Crippen LogP contribution in [0.15, 0.2) is 31.0 Å². The summed E-state index contributed by atoms with van der Waals surface area (Å²) >= 11 is 0. The number of hydrogen-bond donors (Lipinski definition) is 1. The van der Waals surface area contributed by atoms with Crippen LogP contribution >= 0.6 is 0 Å². The predicted octanol–water partition coefficient (Wildman–Crippen LogP) is 0.950. The van der Waals surface area contributed by atoms with Crippen LogP contribution in [0.4, 0.5) is 5.69 Å². The van der Waals surface area contributed by atoms with E-state index in [-0.39, 0.29) is 5.91 Å². The molecular weight excluding hydrogens is 190 g/mol. The Kier molecular flexibility index (Phi) is 3.85. The molecule has 0 atom stereocenters. The van der Waals surface area contributed by atoms with Gasteiger partial charge in [-0.15, -0.1) is 0 Å². The molecule has 0 aromatic carbocycles. The van der Waals surface area contributed by atoms with Crippen molar-refractivity contribution in [3.8, 4) is 0 Å². The summed E-state index contributed by atoms with van der Waals surface area (Å²) in [4.78, 5) is 17.1. The molecule has 0 aliphatic rings. The Morgan fingerprint density at radius 3 is 2.80 bits per heavy atom. The van der Waals surface area contributed by atoms with Crippen molar-refractivity contribution in [3.63, 3.8) is 0 Å². The van der Waals surface area contributed by atoms with Gasteiger partial charge >= 0.3 is 0 Å². The van der Waals surface area contributed by atoms with Gasteiger partial charge in [-0.3, -0.25) is 9.78 Å². The molecule has 80 valence electrons. The van der Waals surface area contributed by atoms with E-state index in [1.165, 1.54) is 6.08 Å². The highest BCUT2D eigenvalue weighted by Gasteiger charge is 1.98. The first-order valence-corrected chi connectivity index (χ1v) is 4.66. The molecule has 1 aromatic rings. The predicted molar refractivity (Wildman–Crippen MR) is 60.6 cm³/mol. The summed E-state index contributed by atoms with van der Waals surface area (Å²) in [6.07, 6.45) is 3.02. The van der Waals surface area contributed by atoms with Gasteiger partial charge in [-0.05, 0) is 18.2 Å². The van der Waals surface area contributed by atoms with E-state index in [0.29, 0.717) is 6.54 Å². The number of nitrogens with one attached hydrogen (secondary N) is 1. The number of anilines is 1. The molecule has 1 N–H and O–H groups in total. The van der Waals surface area contributed by atoms with Crippen molar-refractivity contribution in [2.45, 2.75) is 6.54 Å². The zero-order valence-electron chi connectivity index (χ0n) is 9.03. The fourth-order valence-corrected chi connectivity index (χ4v) is 1.04. The summed E-state index contributed by atoms with van der Waals surface area (Å²) < 4.78 is 0. The third-order valence-electron chi connectivity index (χ3n) is 1.95. The Hall–Kier alpha value is -1.84. The minimum absolute atomic E-state index is 0.187. The molecule has 0 saturated carbocycles. The fraction of sp³-hybridized carbons (Fsp3) is 0.273. The average molecular weight is 205 g/mol. The summed E-state index contributed by atoms with van der Waals surface area (Å²) in [5, 5.41) is 2.66. The summed E-state index contributed by atoms with van der Waals surface area (Å²) in [5.74, 6) is -0.187. The average Bonchev–Trinajstić information content (AvgIpc) is 2.26. The highest BCUT2D eigenvalue weighted by molar-refractivity contribution is 5.86. The molecule has 0 bridgehead atoms. The third-order valence-corrected chi connectivity index (χ3v) is 1.95. The van der Waals surface area contributed by atoms with Crippen LogP contribution in [0.1, 0.15) is 5.69 Å². The standard InChI is InChI=1S/C11H15N3O/c1-4-11(15)13-7-9-5-6-10(8-12-9)14(2)3/h4-6,8H,1,7H2,2-3H3,(H,13,15). The molecule has 0 spiro atoms. The van der Waals surface area contributed by atoms with E-state index >= 15 is 0 Å². The minimum Gasteiger partial charge on any atom is -0.376 e. The first-order valence-electron chi connectivity index (χ1n) is 4.66. The van der Waals surface area contributed by atoms with Gasteiger partial charge in [-0.25, -0.2) is 0 Å². The number of nitrogens with zero attached hydrogens (tertiary/aromatic N) is 2. The van der Waals surface area contributed by atoms with Crippen LogP contribution in [-0.2, 0) is 11.3 Å². The van der Waals surface area contributed by atoms with E-state index in [9.17, 15) is 4.79 Å². The molecule has 15 heavy (non-hydrogen) atoms. The van der Waals surface area contributed by atoms with Gasteiger partial charge in [0.05, 0.1) is 24.1 Å². The molecule has 4 heteroatoms. The Balaban J connectivity index is 2.57. The van der Waals surface area contributed by atoms with Gasteiger partial charge < -0.3 is 10.2 Å². The van der Waals surface area contributed by atoms with Crippen molar-refractivity contribution >= 4 is 11.6 Å². The molecule has 1 aromatic heterocycles. The van der Waals surface area contributed by atoms with Crippen LogP contribution in [0.5, 0.6) is 0 Å². The van der Waals surface area contributed by atoms with Gasteiger partial charge in [0.2, 0.25) is 5.91 Å². The fourth-order valence-electron chi connectivity index (χ4n) is 1.04. The summed E-state index contributed by atoms with van der Waals surface area (Å²) in [6.45, 7) is 3.80. The van der Waals surface area contributed by atoms with Crippen LogP contribution in [0.25, 0.3) is 0 Å². The number of amides is 1. The van der Waals surface area contributed by atoms with E-state index in [1.807, 2.05) is 31.1 Å². The normalized spacial score (nSPS) is 9.47.